The molecule has 2 heterocycles. The monoisotopic (exact) mass is 477 g/mol. The van der Waals surface area contributed by atoms with Gasteiger partial charge in [-0.2, -0.15) is 0 Å². The molecule has 2 aromatic carbocycles. The third kappa shape index (κ3) is 6.42. The van der Waals surface area contributed by atoms with Gasteiger partial charge in [0.1, 0.15) is 17.6 Å². The second-order valence-corrected chi connectivity index (χ2v) is 9.25. The summed E-state index contributed by atoms with van der Waals surface area (Å²) in [5, 5.41) is 0. The number of carbonyl (C=O) groups excluding carboxylic acids is 1. The first-order valence-electron chi connectivity index (χ1n) is 12.4. The van der Waals surface area contributed by atoms with E-state index in [1.165, 1.54) is 24.9 Å². The summed E-state index contributed by atoms with van der Waals surface area (Å²) in [6.07, 6.45) is 4.23. The molecule has 2 N–H and O–H groups in total. The summed E-state index contributed by atoms with van der Waals surface area (Å²) in [6, 6.07) is 14.8. The van der Waals surface area contributed by atoms with Gasteiger partial charge in [0, 0.05) is 30.8 Å². The minimum atomic E-state index is -0.845. The van der Waals surface area contributed by atoms with Crippen LogP contribution in [0, 0.1) is 6.92 Å². The van der Waals surface area contributed by atoms with Gasteiger partial charge in [0.2, 0.25) is 5.89 Å². The molecule has 1 aromatic heterocycles. The molecule has 3 aromatic rings. The Morgan fingerprint density at radius 3 is 2.57 bits per heavy atom. The Morgan fingerprint density at radius 1 is 1.11 bits per heavy atom. The average Bonchev–Trinajstić information content (AvgIpc) is 3.24. The minimum absolute atomic E-state index is 0.212. The lowest BCUT2D eigenvalue weighted by Gasteiger charge is -2.28. The topological polar surface area (TPSA) is 90.8 Å². The predicted molar refractivity (Wildman–Crippen MR) is 137 cm³/mol. The van der Waals surface area contributed by atoms with Gasteiger partial charge in [-0.05, 0) is 82.0 Å². The third-order valence-corrected chi connectivity index (χ3v) is 6.16. The van der Waals surface area contributed by atoms with E-state index in [2.05, 4.69) is 29.2 Å². The Kier molecular flexibility index (Phi) is 8.08. The predicted octanol–water partition coefficient (Wildman–Crippen LogP) is 5.21. The van der Waals surface area contributed by atoms with Gasteiger partial charge >= 0.3 is 5.97 Å². The van der Waals surface area contributed by atoms with Crippen molar-refractivity contribution in [3.63, 3.8) is 0 Å². The van der Waals surface area contributed by atoms with Gasteiger partial charge in [-0.25, -0.2) is 9.78 Å². The average molecular weight is 478 g/mol. The molecule has 1 atom stereocenters. The normalized spacial score (nSPS) is 14.7. The van der Waals surface area contributed by atoms with E-state index < -0.39 is 12.0 Å². The number of aryl methyl sites for hydroxylation is 1. The van der Waals surface area contributed by atoms with Crippen molar-refractivity contribution < 1.29 is 18.7 Å². The lowest BCUT2D eigenvalue weighted by molar-refractivity contribution is -0.149. The van der Waals surface area contributed by atoms with Crippen molar-refractivity contribution in [3.05, 3.63) is 65.5 Å². The zero-order chi connectivity index (χ0) is 24.8. The molecule has 1 aliphatic heterocycles. The van der Waals surface area contributed by atoms with Crippen LogP contribution in [0.4, 0.5) is 5.69 Å². The molecule has 1 fully saturated rings. The highest BCUT2D eigenvalue weighted by Crippen LogP contribution is 2.27. The zero-order valence-corrected chi connectivity index (χ0v) is 20.8. The maximum atomic E-state index is 12.1. The SMILES string of the molecule is Cc1oc(-c2ccc(N3CCCCC3)cc2)nc1CCOc1cccc(C(N)C(=O)OC(C)C)c1. The van der Waals surface area contributed by atoms with Crippen LogP contribution in [-0.4, -0.2) is 36.8 Å². The second kappa shape index (κ2) is 11.4. The fourth-order valence-corrected chi connectivity index (χ4v) is 4.26. The van der Waals surface area contributed by atoms with Crippen LogP contribution in [0.25, 0.3) is 11.5 Å². The zero-order valence-electron chi connectivity index (χ0n) is 20.8. The van der Waals surface area contributed by atoms with Crippen LogP contribution < -0.4 is 15.4 Å². The first-order valence-corrected chi connectivity index (χ1v) is 12.4. The molecule has 35 heavy (non-hydrogen) atoms. The number of esters is 1. The van der Waals surface area contributed by atoms with Crippen LogP contribution in [0.3, 0.4) is 0 Å². The molecular formula is C28H35N3O4. The van der Waals surface area contributed by atoms with E-state index in [1.807, 2.05) is 19.1 Å². The van der Waals surface area contributed by atoms with Crippen LogP contribution in [0.15, 0.2) is 52.9 Å². The molecule has 1 unspecified atom stereocenters. The number of nitrogens with two attached hydrogens (primary N) is 1. The number of benzene rings is 2. The molecule has 7 nitrogen and oxygen atoms in total. The van der Waals surface area contributed by atoms with Crippen molar-refractivity contribution in [1.82, 2.24) is 4.98 Å². The molecule has 1 aliphatic rings. The quantitative estimate of drug-likeness (QED) is 0.423. The Hall–Kier alpha value is -3.32. The van der Waals surface area contributed by atoms with Crippen molar-refractivity contribution in [2.75, 3.05) is 24.6 Å². The molecule has 0 amide bonds. The van der Waals surface area contributed by atoms with Crippen molar-refractivity contribution in [2.24, 2.45) is 5.73 Å². The Balaban J connectivity index is 1.34. The van der Waals surface area contributed by atoms with E-state index in [0.717, 1.165) is 30.1 Å². The maximum Gasteiger partial charge on any atom is 0.327 e. The van der Waals surface area contributed by atoms with E-state index in [9.17, 15) is 4.79 Å². The molecule has 4 rings (SSSR count). The number of ether oxygens (including phenoxy) is 2. The summed E-state index contributed by atoms with van der Waals surface area (Å²) in [5.74, 6) is 1.60. The van der Waals surface area contributed by atoms with E-state index in [0.29, 0.717) is 30.2 Å². The van der Waals surface area contributed by atoms with Gasteiger partial charge in [0.05, 0.1) is 18.4 Å². The first kappa shape index (κ1) is 24.8. The second-order valence-electron chi connectivity index (χ2n) is 9.25. The lowest BCUT2D eigenvalue weighted by Crippen LogP contribution is -2.29. The summed E-state index contributed by atoms with van der Waals surface area (Å²) < 4.78 is 17.1. The fourth-order valence-electron chi connectivity index (χ4n) is 4.26. The van der Waals surface area contributed by atoms with Crippen LogP contribution in [-0.2, 0) is 16.0 Å². The van der Waals surface area contributed by atoms with Gasteiger partial charge in [-0.1, -0.05) is 12.1 Å². The summed E-state index contributed by atoms with van der Waals surface area (Å²) in [5.41, 5.74) is 9.80. The largest absolute Gasteiger partial charge is 0.493 e. The minimum Gasteiger partial charge on any atom is -0.493 e. The first-order chi connectivity index (χ1) is 16.9. The van der Waals surface area contributed by atoms with Gasteiger partial charge in [-0.3, -0.25) is 0 Å². The van der Waals surface area contributed by atoms with E-state index in [-0.39, 0.29) is 6.10 Å². The number of rotatable bonds is 9. The molecule has 0 aliphatic carbocycles. The third-order valence-electron chi connectivity index (χ3n) is 6.16. The lowest BCUT2D eigenvalue weighted by atomic mass is 10.1. The fraction of sp³-hybridized carbons (Fsp3) is 0.429. The van der Waals surface area contributed by atoms with E-state index in [4.69, 9.17) is 24.6 Å². The Labute approximate surface area is 207 Å². The maximum absolute atomic E-state index is 12.1. The number of oxazole rings is 1. The van der Waals surface area contributed by atoms with Crippen LogP contribution in [0.5, 0.6) is 5.75 Å². The van der Waals surface area contributed by atoms with Crippen molar-refractivity contribution in [1.29, 1.82) is 0 Å². The van der Waals surface area contributed by atoms with E-state index in [1.54, 1.807) is 26.0 Å². The number of carbonyl (C=O) groups is 1. The summed E-state index contributed by atoms with van der Waals surface area (Å²) in [6.45, 7) is 8.19. The smallest absolute Gasteiger partial charge is 0.327 e. The highest BCUT2D eigenvalue weighted by molar-refractivity contribution is 5.77. The molecular weight excluding hydrogens is 442 g/mol. The summed E-state index contributed by atoms with van der Waals surface area (Å²) in [7, 11) is 0. The molecule has 1 saturated heterocycles. The number of piperidine rings is 1. The highest BCUT2D eigenvalue weighted by Gasteiger charge is 2.19. The van der Waals surface area contributed by atoms with Crippen molar-refractivity contribution >= 4 is 11.7 Å². The molecule has 0 radical (unpaired) electrons. The van der Waals surface area contributed by atoms with Gasteiger partial charge in [0.25, 0.3) is 0 Å². The number of hydrogen-bond donors (Lipinski definition) is 1. The van der Waals surface area contributed by atoms with Gasteiger partial charge in [-0.15, -0.1) is 0 Å². The Morgan fingerprint density at radius 2 is 1.86 bits per heavy atom. The van der Waals surface area contributed by atoms with Crippen molar-refractivity contribution in [2.45, 2.75) is 58.6 Å². The van der Waals surface area contributed by atoms with Gasteiger partial charge < -0.3 is 24.5 Å². The van der Waals surface area contributed by atoms with Gasteiger partial charge in [0.15, 0.2) is 0 Å². The summed E-state index contributed by atoms with van der Waals surface area (Å²) in [4.78, 5) is 19.3. The number of anilines is 1. The molecule has 7 heteroatoms. The van der Waals surface area contributed by atoms with E-state index >= 15 is 0 Å². The standard InChI is InChI=1S/C28H35N3O4/c1-19(2)34-28(32)26(29)22-8-7-9-24(18-22)33-17-14-25-20(3)35-27(30-25)21-10-12-23(13-11-21)31-15-5-4-6-16-31/h7-13,18-19,26H,4-6,14-17,29H2,1-3H3. The molecule has 0 saturated carbocycles. The molecule has 0 spiro atoms. The highest BCUT2D eigenvalue weighted by atomic mass is 16.5. The number of nitrogens with zero attached hydrogens (tertiary/aromatic N) is 2. The number of aromatic nitrogens is 1. The van der Waals surface area contributed by atoms with Crippen LogP contribution >= 0.6 is 0 Å². The Bertz CT molecular complexity index is 1120. The molecule has 0 bridgehead atoms. The van der Waals surface area contributed by atoms with Crippen molar-refractivity contribution in [3.8, 4) is 17.2 Å². The summed E-state index contributed by atoms with van der Waals surface area (Å²) >= 11 is 0. The van der Waals surface area contributed by atoms with Crippen LogP contribution in [0.2, 0.25) is 0 Å². The van der Waals surface area contributed by atoms with Crippen LogP contribution in [0.1, 0.15) is 56.2 Å². The number of hydrogen-bond acceptors (Lipinski definition) is 7. The molecule has 186 valence electrons.